The number of rotatable bonds is 3. The van der Waals surface area contributed by atoms with Crippen molar-refractivity contribution in [2.45, 2.75) is 6.61 Å². The van der Waals surface area contributed by atoms with Crippen LogP contribution >= 0.6 is 0 Å². The van der Waals surface area contributed by atoms with E-state index in [2.05, 4.69) is 0 Å². The maximum absolute atomic E-state index is 12.0. The number of anilines is 1. The maximum atomic E-state index is 12.0. The van der Waals surface area contributed by atoms with E-state index in [9.17, 15) is 9.59 Å². The predicted molar refractivity (Wildman–Crippen MR) is 76.7 cm³/mol. The molecule has 2 amide bonds. The van der Waals surface area contributed by atoms with Gasteiger partial charge in [0, 0.05) is 0 Å². The minimum atomic E-state index is -1.35. The van der Waals surface area contributed by atoms with Crippen molar-refractivity contribution >= 4 is 17.9 Å². The number of carbonyl (C=O) groups excluding carboxylic acids is 1. The third-order valence-corrected chi connectivity index (χ3v) is 2.61. The zero-order valence-electron chi connectivity index (χ0n) is 11.1. The van der Waals surface area contributed by atoms with Crippen LogP contribution in [0.5, 0.6) is 0 Å². The molecular formula is C15H14N2O4. The predicted octanol–water partition coefficient (Wildman–Crippen LogP) is 3.01. The first-order valence-corrected chi connectivity index (χ1v) is 6.22. The summed E-state index contributed by atoms with van der Waals surface area (Å²) in [7, 11) is 0. The average Bonchev–Trinajstić information content (AvgIpc) is 2.52. The van der Waals surface area contributed by atoms with Crippen molar-refractivity contribution in [3.8, 4) is 0 Å². The smallest absolute Gasteiger partial charge is 0.433 e. The largest absolute Gasteiger partial charge is 0.464 e. The van der Waals surface area contributed by atoms with E-state index in [0.29, 0.717) is 5.69 Å². The first-order valence-electron chi connectivity index (χ1n) is 6.22. The van der Waals surface area contributed by atoms with Crippen molar-refractivity contribution in [2.24, 2.45) is 0 Å². The van der Waals surface area contributed by atoms with Crippen LogP contribution < -0.4 is 10.4 Å². The molecule has 0 aliphatic carbocycles. The van der Waals surface area contributed by atoms with Crippen molar-refractivity contribution in [2.75, 3.05) is 5.01 Å². The molecule has 2 aromatic rings. The molecule has 0 spiro atoms. The van der Waals surface area contributed by atoms with E-state index in [0.717, 1.165) is 10.6 Å². The molecule has 108 valence electrons. The number of nitrogens with one attached hydrogen (secondary N) is 1. The summed E-state index contributed by atoms with van der Waals surface area (Å²) >= 11 is 0. The van der Waals surface area contributed by atoms with Gasteiger partial charge in [-0.3, -0.25) is 0 Å². The third-order valence-electron chi connectivity index (χ3n) is 2.61. The Balaban J connectivity index is 2.06. The van der Waals surface area contributed by atoms with Gasteiger partial charge in [0.15, 0.2) is 0 Å². The Bertz CT molecular complexity index is 602. The van der Waals surface area contributed by atoms with E-state index in [1.54, 1.807) is 30.3 Å². The lowest BCUT2D eigenvalue weighted by Crippen LogP contribution is -2.46. The molecule has 2 rings (SSSR count). The van der Waals surface area contributed by atoms with Gasteiger partial charge in [-0.05, 0) is 17.7 Å². The molecule has 0 unspecified atom stereocenters. The number of nitrogens with zero attached hydrogens (tertiary/aromatic N) is 1. The van der Waals surface area contributed by atoms with Crippen LogP contribution in [0, 0.1) is 0 Å². The number of para-hydroxylation sites is 1. The number of amides is 2. The van der Waals surface area contributed by atoms with Crippen molar-refractivity contribution in [3.63, 3.8) is 0 Å². The second-order valence-electron chi connectivity index (χ2n) is 4.13. The lowest BCUT2D eigenvalue weighted by molar-refractivity contribution is 0.141. The normalized spacial score (nSPS) is 9.71. The number of benzene rings is 2. The molecule has 0 fully saturated rings. The molecule has 2 N–H and O–H groups in total. The highest BCUT2D eigenvalue weighted by atomic mass is 16.6. The fraction of sp³-hybridized carbons (Fsp3) is 0.0667. The second kappa shape index (κ2) is 6.95. The minimum Gasteiger partial charge on any atom is -0.464 e. The van der Waals surface area contributed by atoms with E-state index in [4.69, 9.17) is 9.84 Å². The molecule has 0 radical (unpaired) electrons. The van der Waals surface area contributed by atoms with Crippen molar-refractivity contribution in [1.29, 1.82) is 0 Å². The first kappa shape index (κ1) is 14.4. The van der Waals surface area contributed by atoms with Crippen LogP contribution in [0.4, 0.5) is 15.3 Å². The minimum absolute atomic E-state index is 0.0598. The van der Waals surface area contributed by atoms with E-state index in [1.807, 2.05) is 35.8 Å². The molecule has 2 aromatic carbocycles. The average molecular weight is 286 g/mol. The maximum Gasteiger partial charge on any atom is 0.433 e. The van der Waals surface area contributed by atoms with Crippen LogP contribution in [0.1, 0.15) is 5.56 Å². The zero-order valence-corrected chi connectivity index (χ0v) is 11.1. The van der Waals surface area contributed by atoms with Gasteiger partial charge in [-0.1, -0.05) is 48.5 Å². The summed E-state index contributed by atoms with van der Waals surface area (Å²) in [5, 5.41) is 9.66. The van der Waals surface area contributed by atoms with Crippen LogP contribution in [-0.4, -0.2) is 17.3 Å². The second-order valence-corrected chi connectivity index (χ2v) is 4.13. The summed E-state index contributed by atoms with van der Waals surface area (Å²) in [6.45, 7) is 0.0598. The topological polar surface area (TPSA) is 78.9 Å². The summed E-state index contributed by atoms with van der Waals surface area (Å²) in [5.41, 5.74) is 3.19. The molecule has 0 aliphatic heterocycles. The number of carboxylic acid groups (broad SMARTS) is 1. The Morgan fingerprint density at radius 2 is 1.57 bits per heavy atom. The molecular weight excluding hydrogens is 272 g/mol. The summed E-state index contributed by atoms with van der Waals surface area (Å²) in [6, 6.07) is 17.5. The van der Waals surface area contributed by atoms with Crippen LogP contribution in [-0.2, 0) is 11.3 Å². The summed E-state index contributed by atoms with van der Waals surface area (Å²) < 4.78 is 5.11. The number of carbonyl (C=O) groups is 2. The summed E-state index contributed by atoms with van der Waals surface area (Å²) in [6.07, 6.45) is -2.15. The van der Waals surface area contributed by atoms with E-state index >= 15 is 0 Å². The molecule has 0 saturated heterocycles. The molecule has 0 heterocycles. The van der Waals surface area contributed by atoms with E-state index < -0.39 is 12.2 Å². The fourth-order valence-electron chi connectivity index (χ4n) is 1.67. The third kappa shape index (κ3) is 4.24. The highest BCUT2D eigenvalue weighted by Crippen LogP contribution is 2.13. The Kier molecular flexibility index (Phi) is 4.76. The van der Waals surface area contributed by atoms with Crippen LogP contribution in [0.3, 0.4) is 0 Å². The Morgan fingerprint density at radius 1 is 1.00 bits per heavy atom. The molecule has 21 heavy (non-hydrogen) atoms. The highest BCUT2D eigenvalue weighted by Gasteiger charge is 2.19. The van der Waals surface area contributed by atoms with Crippen LogP contribution in [0.15, 0.2) is 60.7 Å². The monoisotopic (exact) mass is 286 g/mol. The lowest BCUT2D eigenvalue weighted by Gasteiger charge is -2.21. The van der Waals surface area contributed by atoms with Crippen LogP contribution in [0.25, 0.3) is 0 Å². The lowest BCUT2D eigenvalue weighted by atomic mass is 10.2. The zero-order chi connectivity index (χ0) is 15.1. The van der Waals surface area contributed by atoms with Gasteiger partial charge in [0.25, 0.3) is 0 Å². The number of hydrogen-bond acceptors (Lipinski definition) is 3. The van der Waals surface area contributed by atoms with E-state index in [1.165, 1.54) is 0 Å². The number of ether oxygens (including phenoxy) is 1. The van der Waals surface area contributed by atoms with Gasteiger partial charge in [0.05, 0.1) is 5.69 Å². The number of hydrogen-bond donors (Lipinski definition) is 2. The van der Waals surface area contributed by atoms with Crippen molar-refractivity contribution < 1.29 is 19.4 Å². The summed E-state index contributed by atoms with van der Waals surface area (Å²) in [4.78, 5) is 22.8. The van der Waals surface area contributed by atoms with Crippen molar-refractivity contribution in [1.82, 2.24) is 5.43 Å². The molecule has 0 saturated carbocycles. The molecule has 0 atom stereocenters. The highest BCUT2D eigenvalue weighted by molar-refractivity contribution is 5.90. The summed E-state index contributed by atoms with van der Waals surface area (Å²) in [5.74, 6) is 0. The van der Waals surface area contributed by atoms with Gasteiger partial charge >= 0.3 is 12.2 Å². The Morgan fingerprint density at radius 3 is 2.14 bits per heavy atom. The first-order chi connectivity index (χ1) is 10.2. The Labute approximate surface area is 121 Å². The standard InChI is InChI=1S/C15H14N2O4/c18-14(19)16-17(13-9-5-2-6-10-13)15(20)21-11-12-7-3-1-4-8-12/h1-10,16H,11H2,(H,18,19). The molecule has 0 aliphatic rings. The van der Waals surface area contributed by atoms with Gasteiger partial charge in [0.1, 0.15) is 6.61 Å². The quantitative estimate of drug-likeness (QED) is 0.850. The molecule has 6 heteroatoms. The molecule has 0 bridgehead atoms. The van der Waals surface area contributed by atoms with Gasteiger partial charge in [-0.2, -0.15) is 5.01 Å². The molecule has 6 nitrogen and oxygen atoms in total. The van der Waals surface area contributed by atoms with Crippen molar-refractivity contribution in [3.05, 3.63) is 66.2 Å². The number of hydrazine groups is 1. The van der Waals surface area contributed by atoms with Gasteiger partial charge in [-0.25, -0.2) is 15.0 Å². The van der Waals surface area contributed by atoms with Gasteiger partial charge < -0.3 is 9.84 Å². The van der Waals surface area contributed by atoms with Gasteiger partial charge in [0.2, 0.25) is 0 Å². The van der Waals surface area contributed by atoms with Gasteiger partial charge in [-0.15, -0.1) is 0 Å². The SMILES string of the molecule is O=C(O)NN(C(=O)OCc1ccccc1)c1ccccc1. The van der Waals surface area contributed by atoms with E-state index in [-0.39, 0.29) is 6.61 Å². The fourth-order valence-corrected chi connectivity index (χ4v) is 1.67. The Hall–Kier alpha value is -3.02. The van der Waals surface area contributed by atoms with Crippen LogP contribution in [0.2, 0.25) is 0 Å². The molecule has 0 aromatic heterocycles.